The first-order chi connectivity index (χ1) is 11.7. The highest BCUT2D eigenvalue weighted by Crippen LogP contribution is 2.31. The van der Waals surface area contributed by atoms with Gasteiger partial charge >= 0.3 is 0 Å². The Kier molecular flexibility index (Phi) is 3.51. The third-order valence-electron chi connectivity index (χ3n) is 3.43. The number of thiazole rings is 1. The number of aromatic nitrogens is 5. The summed E-state index contributed by atoms with van der Waals surface area (Å²) in [6.07, 6.45) is 4.93. The second-order valence-electron chi connectivity index (χ2n) is 5.13. The van der Waals surface area contributed by atoms with E-state index >= 15 is 0 Å². The van der Waals surface area contributed by atoms with E-state index < -0.39 is 0 Å². The maximum atomic E-state index is 11.9. The monoisotopic (exact) mass is 336 g/mol. The van der Waals surface area contributed by atoms with Crippen LogP contribution in [0.3, 0.4) is 0 Å². The van der Waals surface area contributed by atoms with Crippen LogP contribution in [-0.4, -0.2) is 24.9 Å². The lowest BCUT2D eigenvalue weighted by Gasteiger charge is -2.02. The molecule has 3 heterocycles. The van der Waals surface area contributed by atoms with Gasteiger partial charge in [-0.15, -0.1) is 0 Å². The van der Waals surface area contributed by atoms with Gasteiger partial charge in [-0.1, -0.05) is 17.4 Å². The third kappa shape index (κ3) is 2.74. The van der Waals surface area contributed by atoms with Gasteiger partial charge in [-0.05, 0) is 30.7 Å². The van der Waals surface area contributed by atoms with E-state index in [0.717, 1.165) is 15.6 Å². The lowest BCUT2D eigenvalue weighted by molar-refractivity contribution is 1.06. The predicted molar refractivity (Wildman–Crippen MR) is 93.5 cm³/mol. The fourth-order valence-corrected chi connectivity index (χ4v) is 3.17. The highest BCUT2D eigenvalue weighted by molar-refractivity contribution is 7.18. The van der Waals surface area contributed by atoms with Crippen molar-refractivity contribution in [1.29, 1.82) is 0 Å². The van der Waals surface area contributed by atoms with Crippen LogP contribution in [0.4, 0.5) is 10.9 Å². The highest BCUT2D eigenvalue weighted by Gasteiger charge is 2.08. The molecule has 0 aliphatic carbocycles. The van der Waals surface area contributed by atoms with Gasteiger partial charge in [0.1, 0.15) is 18.0 Å². The van der Waals surface area contributed by atoms with Gasteiger partial charge in [0.05, 0.1) is 15.8 Å². The Balaban J connectivity index is 1.69. The van der Waals surface area contributed by atoms with Crippen molar-refractivity contribution in [2.75, 3.05) is 5.32 Å². The van der Waals surface area contributed by atoms with Crippen LogP contribution in [0.1, 0.15) is 5.82 Å². The first-order valence-electron chi connectivity index (χ1n) is 7.19. The van der Waals surface area contributed by atoms with Gasteiger partial charge in [0.2, 0.25) is 0 Å². The number of aryl methyl sites for hydroxylation is 1. The predicted octanol–water partition coefficient (Wildman–Crippen LogP) is 2.89. The van der Waals surface area contributed by atoms with Gasteiger partial charge in [0.25, 0.3) is 5.56 Å². The molecule has 0 saturated carbocycles. The Morgan fingerprint density at radius 2 is 2.12 bits per heavy atom. The van der Waals surface area contributed by atoms with Gasteiger partial charge in [-0.2, -0.15) is 0 Å². The molecule has 0 saturated heterocycles. The van der Waals surface area contributed by atoms with E-state index in [1.54, 1.807) is 31.5 Å². The number of fused-ring (bicyclic) bond motifs is 1. The molecule has 0 radical (unpaired) electrons. The van der Waals surface area contributed by atoms with Crippen molar-refractivity contribution in [3.8, 4) is 10.4 Å². The number of anilines is 2. The Hall–Kier alpha value is -3.13. The van der Waals surface area contributed by atoms with Crippen LogP contribution < -0.4 is 10.9 Å². The largest absolute Gasteiger partial charge is 0.316 e. The third-order valence-corrected chi connectivity index (χ3v) is 4.39. The second-order valence-corrected chi connectivity index (χ2v) is 6.16. The molecule has 24 heavy (non-hydrogen) atoms. The molecule has 4 aromatic rings. The molecular formula is C16H12N6OS. The van der Waals surface area contributed by atoms with Crippen LogP contribution in [0.25, 0.3) is 21.3 Å². The normalized spacial score (nSPS) is 10.9. The fraction of sp³-hybridized carbons (Fsp3) is 0.0625. The molecule has 0 aliphatic heterocycles. The van der Waals surface area contributed by atoms with Crippen molar-refractivity contribution in [3.63, 3.8) is 0 Å². The van der Waals surface area contributed by atoms with Gasteiger partial charge in [-0.25, -0.2) is 19.9 Å². The molecular weight excluding hydrogens is 324 g/mol. The van der Waals surface area contributed by atoms with Gasteiger partial charge in [0, 0.05) is 12.4 Å². The summed E-state index contributed by atoms with van der Waals surface area (Å²) in [5.74, 6) is 1.29. The number of nitrogens with zero attached hydrogens (tertiary/aromatic N) is 4. The summed E-state index contributed by atoms with van der Waals surface area (Å²) >= 11 is 1.50. The number of benzene rings is 1. The number of hydrogen-bond acceptors (Lipinski definition) is 7. The number of rotatable bonds is 3. The summed E-state index contributed by atoms with van der Waals surface area (Å²) in [7, 11) is 0. The van der Waals surface area contributed by atoms with Crippen LogP contribution in [0.2, 0.25) is 0 Å². The summed E-state index contributed by atoms with van der Waals surface area (Å²) in [4.78, 5) is 32.4. The zero-order chi connectivity index (χ0) is 16.5. The van der Waals surface area contributed by atoms with Crippen molar-refractivity contribution in [3.05, 3.63) is 59.2 Å². The van der Waals surface area contributed by atoms with E-state index in [2.05, 4.69) is 30.2 Å². The van der Waals surface area contributed by atoms with Crippen LogP contribution >= 0.6 is 11.3 Å². The highest BCUT2D eigenvalue weighted by atomic mass is 32.1. The van der Waals surface area contributed by atoms with E-state index in [1.165, 1.54) is 17.7 Å². The minimum Gasteiger partial charge on any atom is -0.316 e. The first kappa shape index (κ1) is 14.5. The quantitative estimate of drug-likeness (QED) is 0.597. The van der Waals surface area contributed by atoms with E-state index in [-0.39, 0.29) is 5.56 Å². The van der Waals surface area contributed by atoms with Gasteiger partial charge in [-0.3, -0.25) is 4.79 Å². The van der Waals surface area contributed by atoms with Crippen molar-refractivity contribution >= 4 is 33.2 Å². The number of H-pyrrole nitrogens is 1. The van der Waals surface area contributed by atoms with Crippen molar-refractivity contribution in [1.82, 2.24) is 24.9 Å². The fourth-order valence-electron chi connectivity index (χ4n) is 2.35. The smallest absolute Gasteiger partial charge is 0.258 e. The van der Waals surface area contributed by atoms with Crippen LogP contribution in [0, 0.1) is 6.92 Å². The zero-order valence-electron chi connectivity index (χ0n) is 12.6. The Labute approximate surface area is 140 Å². The van der Waals surface area contributed by atoms with Crippen LogP contribution in [0.15, 0.2) is 47.8 Å². The SMILES string of the molecule is Cc1nc2cc(-c3cnc(Nc4ccncn4)s3)ccc2c(=O)[nH]1. The molecule has 0 unspecified atom stereocenters. The van der Waals surface area contributed by atoms with E-state index in [1.807, 2.05) is 12.1 Å². The number of hydrogen-bond donors (Lipinski definition) is 2. The molecule has 0 amide bonds. The minimum atomic E-state index is -0.125. The maximum absolute atomic E-state index is 11.9. The molecule has 1 aromatic carbocycles. The molecule has 0 bridgehead atoms. The standard InChI is InChI=1S/C16H12N6OS/c1-9-20-12-6-10(2-3-11(12)15(23)21-9)13-7-18-16(24-13)22-14-4-5-17-8-19-14/h2-8H,1H3,(H,20,21,23)(H,17,18,19,22). The molecule has 2 N–H and O–H groups in total. The zero-order valence-corrected chi connectivity index (χ0v) is 13.5. The first-order valence-corrected chi connectivity index (χ1v) is 8.00. The summed E-state index contributed by atoms with van der Waals surface area (Å²) < 4.78 is 0. The molecule has 0 spiro atoms. The molecule has 0 aliphatic rings. The Morgan fingerprint density at radius 1 is 1.21 bits per heavy atom. The molecule has 0 fully saturated rings. The van der Waals surface area contributed by atoms with E-state index in [0.29, 0.717) is 22.5 Å². The second kappa shape index (κ2) is 5.82. The van der Waals surface area contributed by atoms with E-state index in [9.17, 15) is 4.79 Å². The Morgan fingerprint density at radius 3 is 2.96 bits per heavy atom. The topological polar surface area (TPSA) is 96.4 Å². The van der Waals surface area contributed by atoms with Crippen molar-refractivity contribution in [2.45, 2.75) is 6.92 Å². The summed E-state index contributed by atoms with van der Waals surface area (Å²) in [6.45, 7) is 1.77. The average Bonchev–Trinajstić information content (AvgIpc) is 3.03. The molecule has 118 valence electrons. The van der Waals surface area contributed by atoms with Crippen LogP contribution in [-0.2, 0) is 0 Å². The average molecular weight is 336 g/mol. The summed E-state index contributed by atoms with van der Waals surface area (Å²) in [5.41, 5.74) is 1.51. The Bertz CT molecular complexity index is 1070. The van der Waals surface area contributed by atoms with Crippen molar-refractivity contribution in [2.24, 2.45) is 0 Å². The van der Waals surface area contributed by atoms with E-state index in [4.69, 9.17) is 0 Å². The van der Waals surface area contributed by atoms with Gasteiger partial charge < -0.3 is 10.3 Å². The molecule has 3 aromatic heterocycles. The number of aromatic amines is 1. The van der Waals surface area contributed by atoms with Crippen molar-refractivity contribution < 1.29 is 0 Å². The number of nitrogens with one attached hydrogen (secondary N) is 2. The minimum absolute atomic E-state index is 0.125. The van der Waals surface area contributed by atoms with Gasteiger partial charge in [0.15, 0.2) is 5.13 Å². The molecule has 7 nitrogen and oxygen atoms in total. The summed E-state index contributed by atoms with van der Waals surface area (Å²) in [6, 6.07) is 7.36. The lowest BCUT2D eigenvalue weighted by Crippen LogP contribution is -2.09. The molecule has 8 heteroatoms. The molecule has 4 rings (SSSR count). The maximum Gasteiger partial charge on any atom is 0.258 e. The van der Waals surface area contributed by atoms with Crippen LogP contribution in [0.5, 0.6) is 0 Å². The lowest BCUT2D eigenvalue weighted by atomic mass is 10.1. The summed E-state index contributed by atoms with van der Waals surface area (Å²) in [5, 5.41) is 4.45. The molecule has 0 atom stereocenters.